The summed E-state index contributed by atoms with van der Waals surface area (Å²) in [6.07, 6.45) is 5.96. The van der Waals surface area contributed by atoms with Gasteiger partial charge in [-0.3, -0.25) is 9.67 Å². The summed E-state index contributed by atoms with van der Waals surface area (Å²) in [5.41, 5.74) is 2.23. The van der Waals surface area contributed by atoms with Gasteiger partial charge in [-0.25, -0.2) is 0 Å². The van der Waals surface area contributed by atoms with Gasteiger partial charge in [0.25, 0.3) is 0 Å². The standard InChI is InChI=1S/C20H29ClN6O.HI/c1-15-12-24-27(13-15)9-4-8-23-20(22-2)25-17-7-10-26(14-17)18-11-16(21)5-6-19(18)28-3;/h5-6,11-13,17H,4,7-10,14H2,1-3H3,(H2,22,23,25);1H. The zero-order valence-electron chi connectivity index (χ0n) is 17.2. The number of hydrogen-bond donors (Lipinski definition) is 2. The summed E-state index contributed by atoms with van der Waals surface area (Å²) in [7, 11) is 3.49. The zero-order chi connectivity index (χ0) is 19.9. The molecule has 0 radical (unpaired) electrons. The summed E-state index contributed by atoms with van der Waals surface area (Å²) in [5, 5.41) is 11.9. The maximum Gasteiger partial charge on any atom is 0.191 e. The first-order valence-electron chi connectivity index (χ1n) is 9.63. The topological polar surface area (TPSA) is 66.7 Å². The van der Waals surface area contributed by atoms with Gasteiger partial charge in [-0.15, -0.1) is 24.0 Å². The van der Waals surface area contributed by atoms with Crippen LogP contribution in [-0.4, -0.2) is 55.6 Å². The Kier molecular flexibility index (Phi) is 9.35. The minimum Gasteiger partial charge on any atom is -0.495 e. The molecule has 0 aliphatic carbocycles. The Labute approximate surface area is 194 Å². The zero-order valence-corrected chi connectivity index (χ0v) is 20.3. The summed E-state index contributed by atoms with van der Waals surface area (Å²) in [5.74, 6) is 1.68. The average molecular weight is 533 g/mol. The van der Waals surface area contributed by atoms with E-state index in [1.165, 1.54) is 5.56 Å². The van der Waals surface area contributed by atoms with Crippen LogP contribution in [0.15, 0.2) is 35.6 Å². The minimum absolute atomic E-state index is 0. The van der Waals surface area contributed by atoms with Crippen LogP contribution in [0.3, 0.4) is 0 Å². The number of nitrogens with one attached hydrogen (secondary N) is 2. The first kappa shape index (κ1) is 23.6. The number of aliphatic imine (C=N–C) groups is 1. The molecule has 3 rings (SSSR count). The van der Waals surface area contributed by atoms with E-state index >= 15 is 0 Å². The smallest absolute Gasteiger partial charge is 0.191 e. The fourth-order valence-electron chi connectivity index (χ4n) is 3.43. The van der Waals surface area contributed by atoms with E-state index in [-0.39, 0.29) is 24.0 Å². The van der Waals surface area contributed by atoms with E-state index < -0.39 is 0 Å². The number of aromatic nitrogens is 2. The molecule has 1 fully saturated rings. The van der Waals surface area contributed by atoms with Crippen LogP contribution in [0.1, 0.15) is 18.4 Å². The highest BCUT2D eigenvalue weighted by Gasteiger charge is 2.25. The number of guanidine groups is 1. The van der Waals surface area contributed by atoms with Crippen molar-refractivity contribution in [3.8, 4) is 5.75 Å². The summed E-state index contributed by atoms with van der Waals surface area (Å²) >= 11 is 6.18. The Hall–Kier alpha value is -1.68. The Bertz CT molecular complexity index is 812. The predicted octanol–water partition coefficient (Wildman–Crippen LogP) is 3.31. The van der Waals surface area contributed by atoms with E-state index in [9.17, 15) is 0 Å². The quantitative estimate of drug-likeness (QED) is 0.248. The molecule has 1 saturated heterocycles. The highest BCUT2D eigenvalue weighted by atomic mass is 127. The highest BCUT2D eigenvalue weighted by Crippen LogP contribution is 2.33. The molecule has 1 aromatic carbocycles. The minimum atomic E-state index is 0. The molecular formula is C20H30ClIN6O. The number of anilines is 1. The van der Waals surface area contributed by atoms with E-state index in [2.05, 4.69) is 38.7 Å². The van der Waals surface area contributed by atoms with Crippen molar-refractivity contribution in [3.63, 3.8) is 0 Å². The molecule has 0 saturated carbocycles. The fourth-order valence-corrected chi connectivity index (χ4v) is 3.60. The lowest BCUT2D eigenvalue weighted by Gasteiger charge is -2.22. The number of benzene rings is 1. The van der Waals surface area contributed by atoms with Crippen LogP contribution in [0.2, 0.25) is 5.02 Å². The second-order valence-corrected chi connectivity index (χ2v) is 7.46. The lowest BCUT2D eigenvalue weighted by atomic mass is 10.2. The number of hydrogen-bond acceptors (Lipinski definition) is 4. The van der Waals surface area contributed by atoms with Gasteiger partial charge in [0.1, 0.15) is 5.75 Å². The number of ether oxygens (including phenoxy) is 1. The molecule has 2 aromatic rings. The number of methoxy groups -OCH3 is 1. The molecule has 1 aromatic heterocycles. The third-order valence-corrected chi connectivity index (χ3v) is 5.09. The molecular weight excluding hydrogens is 503 g/mol. The van der Waals surface area contributed by atoms with Crippen molar-refractivity contribution in [1.29, 1.82) is 0 Å². The molecule has 0 amide bonds. The first-order chi connectivity index (χ1) is 13.6. The van der Waals surface area contributed by atoms with Crippen LogP contribution < -0.4 is 20.3 Å². The van der Waals surface area contributed by atoms with E-state index in [0.717, 1.165) is 61.4 Å². The van der Waals surface area contributed by atoms with Crippen LogP contribution in [0, 0.1) is 6.92 Å². The molecule has 7 nitrogen and oxygen atoms in total. The van der Waals surface area contributed by atoms with Gasteiger partial charge in [-0.05, 0) is 43.5 Å². The Morgan fingerprint density at radius 1 is 1.41 bits per heavy atom. The van der Waals surface area contributed by atoms with Gasteiger partial charge >= 0.3 is 0 Å². The van der Waals surface area contributed by atoms with Crippen molar-refractivity contribution >= 4 is 47.2 Å². The van der Waals surface area contributed by atoms with E-state index in [1.807, 2.05) is 29.1 Å². The largest absolute Gasteiger partial charge is 0.495 e. The van der Waals surface area contributed by atoms with Crippen LogP contribution >= 0.6 is 35.6 Å². The van der Waals surface area contributed by atoms with Crippen LogP contribution in [0.5, 0.6) is 5.75 Å². The van der Waals surface area contributed by atoms with Crippen molar-refractivity contribution in [1.82, 2.24) is 20.4 Å². The van der Waals surface area contributed by atoms with E-state index in [4.69, 9.17) is 16.3 Å². The summed E-state index contributed by atoms with van der Waals surface area (Å²) < 4.78 is 7.46. The van der Waals surface area contributed by atoms with Gasteiger partial charge in [-0.2, -0.15) is 5.10 Å². The van der Waals surface area contributed by atoms with Gasteiger partial charge in [0.2, 0.25) is 0 Å². The molecule has 1 aliphatic rings. The predicted molar refractivity (Wildman–Crippen MR) is 130 cm³/mol. The Morgan fingerprint density at radius 3 is 2.93 bits per heavy atom. The summed E-state index contributed by atoms with van der Waals surface area (Å²) in [6, 6.07) is 6.06. The maximum absolute atomic E-state index is 6.18. The molecule has 1 atom stereocenters. The normalized spacial score (nSPS) is 16.5. The fraction of sp³-hybridized carbons (Fsp3) is 0.500. The van der Waals surface area contributed by atoms with Crippen molar-refractivity contribution in [2.24, 2.45) is 4.99 Å². The lowest BCUT2D eigenvalue weighted by molar-refractivity contribution is 0.415. The van der Waals surface area contributed by atoms with Crippen LogP contribution in [0.25, 0.3) is 0 Å². The Morgan fingerprint density at radius 2 is 2.24 bits per heavy atom. The molecule has 1 aliphatic heterocycles. The third kappa shape index (κ3) is 6.67. The van der Waals surface area contributed by atoms with Crippen LogP contribution in [-0.2, 0) is 6.54 Å². The van der Waals surface area contributed by atoms with Gasteiger partial charge in [-0.1, -0.05) is 11.6 Å². The molecule has 2 heterocycles. The van der Waals surface area contributed by atoms with E-state index in [0.29, 0.717) is 6.04 Å². The lowest BCUT2D eigenvalue weighted by Crippen LogP contribution is -2.45. The van der Waals surface area contributed by atoms with Crippen molar-refractivity contribution in [3.05, 3.63) is 41.2 Å². The molecule has 0 spiro atoms. The van der Waals surface area contributed by atoms with E-state index in [1.54, 1.807) is 14.2 Å². The third-order valence-electron chi connectivity index (χ3n) is 4.85. The number of nitrogens with zero attached hydrogens (tertiary/aromatic N) is 4. The monoisotopic (exact) mass is 532 g/mol. The Balaban J connectivity index is 0.00000300. The number of halogens is 2. The van der Waals surface area contributed by atoms with Crippen molar-refractivity contribution < 1.29 is 4.74 Å². The van der Waals surface area contributed by atoms with Crippen LogP contribution in [0.4, 0.5) is 5.69 Å². The second kappa shape index (κ2) is 11.5. The van der Waals surface area contributed by atoms with Crippen molar-refractivity contribution in [2.45, 2.75) is 32.4 Å². The number of aryl methyl sites for hydroxylation is 2. The summed E-state index contributed by atoms with van der Waals surface area (Å²) in [4.78, 5) is 6.65. The molecule has 29 heavy (non-hydrogen) atoms. The average Bonchev–Trinajstić information content (AvgIpc) is 3.33. The SMILES string of the molecule is CN=C(NCCCn1cc(C)cn1)NC1CCN(c2cc(Cl)ccc2OC)C1.I. The van der Waals surface area contributed by atoms with Gasteiger partial charge < -0.3 is 20.3 Å². The highest BCUT2D eigenvalue weighted by molar-refractivity contribution is 14.0. The first-order valence-corrected chi connectivity index (χ1v) is 10.0. The molecule has 1 unspecified atom stereocenters. The van der Waals surface area contributed by atoms with Gasteiger partial charge in [0, 0.05) is 50.5 Å². The van der Waals surface area contributed by atoms with Crippen molar-refractivity contribution in [2.75, 3.05) is 38.7 Å². The number of rotatable bonds is 7. The molecule has 2 N–H and O–H groups in total. The maximum atomic E-state index is 6.18. The summed E-state index contributed by atoms with van der Waals surface area (Å²) in [6.45, 7) is 5.62. The van der Waals surface area contributed by atoms with Gasteiger partial charge in [0.05, 0.1) is 19.0 Å². The molecule has 160 valence electrons. The molecule has 0 bridgehead atoms. The second-order valence-electron chi connectivity index (χ2n) is 7.03. The van der Waals surface area contributed by atoms with Gasteiger partial charge in [0.15, 0.2) is 5.96 Å². The molecule has 9 heteroatoms.